The molecule has 20 heavy (non-hydrogen) atoms. The van der Waals surface area contributed by atoms with Gasteiger partial charge in [-0.05, 0) is 35.4 Å². The molecule has 3 aromatic rings. The molecule has 0 aliphatic carbocycles. The standard InChI is InChI=1S/C16H13BrN2O/c17-13-3-1-2-11(8-13)9-16(20)12-4-5-14-15(10-12)19-7-6-18-14/h1-8,10,16,20H,9H2. The van der Waals surface area contributed by atoms with Crippen LogP contribution in [0, 0.1) is 0 Å². The van der Waals surface area contributed by atoms with Crippen molar-refractivity contribution in [3.8, 4) is 0 Å². The summed E-state index contributed by atoms with van der Waals surface area (Å²) in [5, 5.41) is 10.4. The molecule has 1 N–H and O–H groups in total. The molecule has 0 spiro atoms. The molecular weight excluding hydrogens is 316 g/mol. The Balaban J connectivity index is 1.86. The summed E-state index contributed by atoms with van der Waals surface area (Å²) in [7, 11) is 0. The highest BCUT2D eigenvalue weighted by molar-refractivity contribution is 9.10. The van der Waals surface area contributed by atoms with Gasteiger partial charge in [-0.25, -0.2) is 0 Å². The molecule has 0 saturated carbocycles. The van der Waals surface area contributed by atoms with E-state index in [2.05, 4.69) is 25.9 Å². The van der Waals surface area contributed by atoms with Crippen LogP contribution in [-0.2, 0) is 6.42 Å². The van der Waals surface area contributed by atoms with E-state index >= 15 is 0 Å². The first kappa shape index (κ1) is 13.2. The minimum absolute atomic E-state index is 0.546. The molecule has 0 amide bonds. The van der Waals surface area contributed by atoms with Gasteiger partial charge < -0.3 is 5.11 Å². The molecule has 3 nitrogen and oxygen atoms in total. The van der Waals surface area contributed by atoms with E-state index in [4.69, 9.17) is 0 Å². The van der Waals surface area contributed by atoms with Crippen LogP contribution in [0.3, 0.4) is 0 Å². The van der Waals surface area contributed by atoms with Crippen LogP contribution in [0.5, 0.6) is 0 Å². The van der Waals surface area contributed by atoms with Crippen molar-refractivity contribution >= 4 is 27.0 Å². The van der Waals surface area contributed by atoms with Crippen molar-refractivity contribution in [2.24, 2.45) is 0 Å². The van der Waals surface area contributed by atoms with E-state index in [-0.39, 0.29) is 0 Å². The minimum Gasteiger partial charge on any atom is -0.388 e. The number of benzene rings is 2. The number of hydrogen-bond donors (Lipinski definition) is 1. The van der Waals surface area contributed by atoms with E-state index in [0.29, 0.717) is 6.42 Å². The Hall–Kier alpha value is -1.78. The Labute approximate surface area is 125 Å². The van der Waals surface area contributed by atoms with Crippen molar-refractivity contribution in [3.63, 3.8) is 0 Å². The SMILES string of the molecule is OC(Cc1cccc(Br)c1)c1ccc2nccnc2c1. The molecule has 0 fully saturated rings. The quantitative estimate of drug-likeness (QED) is 0.797. The van der Waals surface area contributed by atoms with Crippen LogP contribution >= 0.6 is 15.9 Å². The average Bonchev–Trinajstić information content (AvgIpc) is 2.47. The van der Waals surface area contributed by atoms with Crippen molar-refractivity contribution in [2.75, 3.05) is 0 Å². The molecule has 1 heterocycles. The fraction of sp³-hybridized carbons (Fsp3) is 0.125. The maximum atomic E-state index is 10.4. The highest BCUT2D eigenvalue weighted by Crippen LogP contribution is 2.22. The molecule has 0 radical (unpaired) electrons. The van der Waals surface area contributed by atoms with Gasteiger partial charge in [0.05, 0.1) is 17.1 Å². The van der Waals surface area contributed by atoms with E-state index in [1.165, 1.54) is 0 Å². The number of halogens is 1. The molecule has 0 aliphatic rings. The molecule has 0 saturated heterocycles. The summed E-state index contributed by atoms with van der Waals surface area (Å²) in [5.41, 5.74) is 3.59. The lowest BCUT2D eigenvalue weighted by atomic mass is 10.0. The van der Waals surface area contributed by atoms with Crippen LogP contribution in [0.25, 0.3) is 11.0 Å². The molecule has 2 aromatic carbocycles. The van der Waals surface area contributed by atoms with E-state index in [9.17, 15) is 5.11 Å². The van der Waals surface area contributed by atoms with Gasteiger partial charge in [-0.3, -0.25) is 9.97 Å². The van der Waals surface area contributed by atoms with Crippen LogP contribution in [0.2, 0.25) is 0 Å². The number of aliphatic hydroxyl groups is 1. The highest BCUT2D eigenvalue weighted by Gasteiger charge is 2.10. The van der Waals surface area contributed by atoms with Crippen molar-refractivity contribution in [3.05, 3.63) is 70.5 Å². The highest BCUT2D eigenvalue weighted by atomic mass is 79.9. The number of rotatable bonds is 3. The van der Waals surface area contributed by atoms with E-state index < -0.39 is 6.10 Å². The van der Waals surface area contributed by atoms with Crippen molar-refractivity contribution in [2.45, 2.75) is 12.5 Å². The zero-order valence-corrected chi connectivity index (χ0v) is 12.3. The summed E-state index contributed by atoms with van der Waals surface area (Å²) in [6.07, 6.45) is 3.36. The average molecular weight is 329 g/mol. The zero-order chi connectivity index (χ0) is 13.9. The summed E-state index contributed by atoms with van der Waals surface area (Å²) in [6, 6.07) is 13.7. The topological polar surface area (TPSA) is 46.0 Å². The second-order valence-electron chi connectivity index (χ2n) is 4.65. The first-order valence-corrected chi connectivity index (χ1v) is 7.15. The van der Waals surface area contributed by atoms with Gasteiger partial charge in [-0.1, -0.05) is 34.1 Å². The van der Waals surface area contributed by atoms with Crippen LogP contribution in [0.1, 0.15) is 17.2 Å². The third-order valence-corrected chi connectivity index (χ3v) is 3.69. The van der Waals surface area contributed by atoms with Crippen LogP contribution in [-0.4, -0.2) is 15.1 Å². The maximum absolute atomic E-state index is 10.4. The number of nitrogens with zero attached hydrogens (tertiary/aromatic N) is 2. The lowest BCUT2D eigenvalue weighted by molar-refractivity contribution is 0.178. The Morgan fingerprint density at radius 3 is 2.60 bits per heavy atom. The lowest BCUT2D eigenvalue weighted by Gasteiger charge is -2.12. The molecule has 4 heteroatoms. The van der Waals surface area contributed by atoms with Gasteiger partial charge >= 0.3 is 0 Å². The molecular formula is C16H13BrN2O. The Morgan fingerprint density at radius 2 is 1.80 bits per heavy atom. The number of aromatic nitrogens is 2. The van der Waals surface area contributed by atoms with Crippen molar-refractivity contribution in [1.29, 1.82) is 0 Å². The molecule has 1 atom stereocenters. The fourth-order valence-electron chi connectivity index (χ4n) is 2.19. The van der Waals surface area contributed by atoms with Gasteiger partial charge in [0, 0.05) is 23.3 Å². The first-order valence-electron chi connectivity index (χ1n) is 6.35. The van der Waals surface area contributed by atoms with Crippen LogP contribution in [0.4, 0.5) is 0 Å². The predicted octanol–water partition coefficient (Wildman–Crippen LogP) is 3.67. The lowest BCUT2D eigenvalue weighted by Crippen LogP contribution is -2.02. The summed E-state index contributed by atoms with van der Waals surface area (Å²) in [5.74, 6) is 0. The molecule has 100 valence electrons. The summed E-state index contributed by atoms with van der Waals surface area (Å²) in [6.45, 7) is 0. The van der Waals surface area contributed by atoms with Crippen molar-refractivity contribution in [1.82, 2.24) is 9.97 Å². The van der Waals surface area contributed by atoms with E-state index in [0.717, 1.165) is 26.6 Å². The molecule has 0 bridgehead atoms. The normalized spacial score (nSPS) is 12.5. The van der Waals surface area contributed by atoms with Gasteiger partial charge in [0.1, 0.15) is 0 Å². The largest absolute Gasteiger partial charge is 0.388 e. The first-order chi connectivity index (χ1) is 9.72. The number of aliphatic hydroxyl groups excluding tert-OH is 1. The van der Waals surface area contributed by atoms with E-state index in [1.807, 2.05) is 42.5 Å². The summed E-state index contributed by atoms with van der Waals surface area (Å²) in [4.78, 5) is 8.49. The second kappa shape index (κ2) is 5.69. The van der Waals surface area contributed by atoms with Gasteiger partial charge in [-0.2, -0.15) is 0 Å². The zero-order valence-electron chi connectivity index (χ0n) is 10.7. The smallest absolute Gasteiger partial charge is 0.0890 e. The maximum Gasteiger partial charge on any atom is 0.0890 e. The van der Waals surface area contributed by atoms with Gasteiger partial charge in [0.15, 0.2) is 0 Å². The van der Waals surface area contributed by atoms with Gasteiger partial charge in [-0.15, -0.1) is 0 Å². The predicted molar refractivity (Wildman–Crippen MR) is 82.3 cm³/mol. The molecule has 3 rings (SSSR count). The van der Waals surface area contributed by atoms with Crippen LogP contribution in [0.15, 0.2) is 59.3 Å². The Morgan fingerprint density at radius 1 is 1.00 bits per heavy atom. The Bertz CT molecular complexity index is 745. The third-order valence-electron chi connectivity index (χ3n) is 3.20. The minimum atomic E-state index is -0.546. The van der Waals surface area contributed by atoms with Gasteiger partial charge in [0.25, 0.3) is 0 Å². The van der Waals surface area contributed by atoms with Gasteiger partial charge in [0.2, 0.25) is 0 Å². The number of hydrogen-bond acceptors (Lipinski definition) is 3. The molecule has 0 aliphatic heterocycles. The summed E-state index contributed by atoms with van der Waals surface area (Å²) >= 11 is 3.44. The van der Waals surface area contributed by atoms with Crippen molar-refractivity contribution < 1.29 is 5.11 Å². The number of fused-ring (bicyclic) bond motifs is 1. The Kier molecular flexibility index (Phi) is 3.76. The third kappa shape index (κ3) is 2.86. The monoisotopic (exact) mass is 328 g/mol. The van der Waals surface area contributed by atoms with Crippen LogP contribution < -0.4 is 0 Å². The van der Waals surface area contributed by atoms with E-state index in [1.54, 1.807) is 12.4 Å². The molecule has 1 unspecified atom stereocenters. The molecule has 1 aromatic heterocycles. The summed E-state index contributed by atoms with van der Waals surface area (Å²) < 4.78 is 1.02. The fourth-order valence-corrected chi connectivity index (χ4v) is 2.64. The second-order valence-corrected chi connectivity index (χ2v) is 5.57.